The first kappa shape index (κ1) is 12.5. The molecule has 84 valence electrons. The second-order valence-corrected chi connectivity index (χ2v) is 6.58. The smallest absolute Gasteiger partial charge is 0.238 e. The summed E-state index contributed by atoms with van der Waals surface area (Å²) >= 11 is 2.14. The van der Waals surface area contributed by atoms with Crippen molar-refractivity contribution in [3.05, 3.63) is 0 Å². The zero-order chi connectivity index (χ0) is 10.8. The first-order valence-corrected chi connectivity index (χ1v) is 7.06. The van der Waals surface area contributed by atoms with Crippen molar-refractivity contribution in [3.63, 3.8) is 0 Å². The van der Waals surface area contributed by atoms with E-state index in [4.69, 9.17) is 0 Å². The Bertz CT molecular complexity index is 280. The van der Waals surface area contributed by atoms with E-state index in [9.17, 15) is 21.6 Å². The summed E-state index contributed by atoms with van der Waals surface area (Å²) in [5.74, 6) is 1.23. The summed E-state index contributed by atoms with van der Waals surface area (Å²) in [5.41, 5.74) is -5.33. The largest absolute Gasteiger partial charge is 0.523 e. The van der Waals surface area contributed by atoms with Gasteiger partial charge in [0.1, 0.15) is 0 Å². The Labute approximate surface area is 87.9 Å². The number of hydrogen-bond acceptors (Lipinski definition) is 5. The Kier molecular flexibility index (Phi) is 4.01. The summed E-state index contributed by atoms with van der Waals surface area (Å²) in [4.78, 5) is 0. The fourth-order valence-electron chi connectivity index (χ4n) is 0.680. The third kappa shape index (κ3) is 3.21. The Morgan fingerprint density at radius 1 is 1.21 bits per heavy atom. The SMILES string of the molecule is O=S(=O)(OC1SCCCS1)C(F)(F)F. The van der Waals surface area contributed by atoms with E-state index >= 15 is 0 Å². The molecule has 0 N–H and O–H groups in total. The van der Waals surface area contributed by atoms with Crippen molar-refractivity contribution in [3.8, 4) is 0 Å². The fraction of sp³-hybridized carbons (Fsp3) is 1.00. The molecule has 1 aliphatic rings. The molecule has 3 nitrogen and oxygen atoms in total. The lowest BCUT2D eigenvalue weighted by Gasteiger charge is -2.20. The lowest BCUT2D eigenvalue weighted by Crippen LogP contribution is -2.28. The molecule has 0 amide bonds. The number of halogens is 3. The van der Waals surface area contributed by atoms with Gasteiger partial charge in [0.15, 0.2) is 4.77 Å². The Balaban J connectivity index is 2.58. The van der Waals surface area contributed by atoms with Gasteiger partial charge in [-0.1, -0.05) is 0 Å². The predicted octanol–water partition coefficient (Wildman–Crippen LogP) is 2.01. The van der Waals surface area contributed by atoms with Gasteiger partial charge in [-0.2, -0.15) is 21.6 Å². The average Bonchev–Trinajstić information content (AvgIpc) is 2.03. The van der Waals surface area contributed by atoms with Crippen LogP contribution in [0, 0.1) is 0 Å². The first-order chi connectivity index (χ1) is 6.33. The second kappa shape index (κ2) is 4.50. The van der Waals surface area contributed by atoms with Crippen molar-refractivity contribution in [2.75, 3.05) is 11.5 Å². The maximum Gasteiger partial charge on any atom is 0.523 e. The molecule has 0 unspecified atom stereocenters. The molecule has 0 aliphatic carbocycles. The van der Waals surface area contributed by atoms with Crippen molar-refractivity contribution in [1.82, 2.24) is 0 Å². The maximum atomic E-state index is 11.9. The molecule has 1 aliphatic heterocycles. The normalized spacial score (nSPS) is 21.1. The lowest BCUT2D eigenvalue weighted by molar-refractivity contribution is -0.0535. The Morgan fingerprint density at radius 2 is 1.71 bits per heavy atom. The Morgan fingerprint density at radius 3 is 2.14 bits per heavy atom. The molecule has 1 rings (SSSR count). The lowest BCUT2D eigenvalue weighted by atomic mass is 10.6. The molecule has 0 aromatic heterocycles. The molecular weight excluding hydrogens is 261 g/mol. The number of thioether (sulfide) groups is 2. The van der Waals surface area contributed by atoms with Crippen LogP contribution in [-0.4, -0.2) is 30.2 Å². The third-order valence-electron chi connectivity index (χ3n) is 1.29. The van der Waals surface area contributed by atoms with Gasteiger partial charge in [0, 0.05) is 0 Å². The van der Waals surface area contributed by atoms with Crippen molar-refractivity contribution in [2.45, 2.75) is 16.7 Å². The average molecular weight is 268 g/mol. The highest BCUT2D eigenvalue weighted by Gasteiger charge is 2.48. The molecular formula is C5H7F3O3S3. The van der Waals surface area contributed by atoms with E-state index in [-0.39, 0.29) is 0 Å². The molecule has 0 radical (unpaired) electrons. The van der Waals surface area contributed by atoms with Crippen molar-refractivity contribution in [2.24, 2.45) is 0 Å². The van der Waals surface area contributed by atoms with Crippen LogP contribution in [-0.2, 0) is 14.3 Å². The zero-order valence-electron chi connectivity index (χ0n) is 6.78. The monoisotopic (exact) mass is 268 g/mol. The van der Waals surface area contributed by atoms with Crippen molar-refractivity contribution >= 4 is 33.6 Å². The van der Waals surface area contributed by atoms with Crippen LogP contribution in [0.1, 0.15) is 6.42 Å². The summed E-state index contributed by atoms with van der Waals surface area (Å²) in [6.45, 7) is 0. The summed E-state index contributed by atoms with van der Waals surface area (Å²) in [7, 11) is -5.44. The predicted molar refractivity (Wildman–Crippen MR) is 49.4 cm³/mol. The van der Waals surface area contributed by atoms with Crippen LogP contribution in [0.15, 0.2) is 0 Å². The van der Waals surface area contributed by atoms with E-state index in [0.717, 1.165) is 29.9 Å². The molecule has 0 atom stereocenters. The summed E-state index contributed by atoms with van der Waals surface area (Å²) in [6.07, 6.45) is 0.848. The van der Waals surface area contributed by atoms with E-state index in [1.165, 1.54) is 0 Å². The van der Waals surface area contributed by atoms with Gasteiger partial charge in [-0.15, -0.1) is 23.5 Å². The molecule has 9 heteroatoms. The fourth-order valence-corrected chi connectivity index (χ4v) is 4.21. The highest BCUT2D eigenvalue weighted by molar-refractivity contribution is 8.17. The van der Waals surface area contributed by atoms with Gasteiger partial charge in [0.05, 0.1) is 0 Å². The topological polar surface area (TPSA) is 43.4 Å². The minimum atomic E-state index is -5.44. The van der Waals surface area contributed by atoms with Gasteiger partial charge < -0.3 is 0 Å². The molecule has 1 heterocycles. The van der Waals surface area contributed by atoms with Crippen LogP contribution < -0.4 is 0 Å². The van der Waals surface area contributed by atoms with E-state index in [0.29, 0.717) is 11.5 Å². The van der Waals surface area contributed by atoms with Crippen LogP contribution in [0.3, 0.4) is 0 Å². The second-order valence-electron chi connectivity index (χ2n) is 2.38. The first-order valence-electron chi connectivity index (χ1n) is 3.56. The highest BCUT2D eigenvalue weighted by Crippen LogP contribution is 2.36. The summed E-state index contributed by atoms with van der Waals surface area (Å²) in [6, 6.07) is 0. The number of hydrogen-bond donors (Lipinski definition) is 0. The summed E-state index contributed by atoms with van der Waals surface area (Å²) < 4.78 is 59.7. The molecule has 0 aromatic carbocycles. The van der Waals surface area contributed by atoms with Crippen molar-refractivity contribution < 1.29 is 25.8 Å². The highest BCUT2D eigenvalue weighted by atomic mass is 32.2. The number of rotatable bonds is 2. The maximum absolute atomic E-state index is 11.9. The number of alkyl halides is 3. The zero-order valence-corrected chi connectivity index (χ0v) is 9.23. The molecule has 0 spiro atoms. The van der Waals surface area contributed by atoms with Crippen LogP contribution in [0.4, 0.5) is 13.2 Å². The van der Waals surface area contributed by atoms with Gasteiger partial charge in [0.25, 0.3) is 0 Å². The minimum Gasteiger partial charge on any atom is -0.238 e. The van der Waals surface area contributed by atoms with E-state index in [1.807, 2.05) is 0 Å². The molecule has 0 bridgehead atoms. The van der Waals surface area contributed by atoms with Crippen LogP contribution in [0.5, 0.6) is 0 Å². The van der Waals surface area contributed by atoms with Crippen LogP contribution >= 0.6 is 23.5 Å². The summed E-state index contributed by atoms with van der Waals surface area (Å²) in [5, 5.41) is 0. The molecule has 0 saturated carbocycles. The van der Waals surface area contributed by atoms with Crippen molar-refractivity contribution in [1.29, 1.82) is 0 Å². The molecule has 0 aromatic rings. The standard InChI is InChI=1S/C5H7F3O3S3/c6-5(7,8)14(9,10)11-4-12-2-1-3-13-4/h4H,1-3H2. The van der Waals surface area contributed by atoms with Gasteiger partial charge in [0.2, 0.25) is 0 Å². The quantitative estimate of drug-likeness (QED) is 0.566. The van der Waals surface area contributed by atoms with Gasteiger partial charge >= 0.3 is 15.6 Å². The van der Waals surface area contributed by atoms with E-state index in [1.54, 1.807) is 0 Å². The van der Waals surface area contributed by atoms with E-state index in [2.05, 4.69) is 4.18 Å². The van der Waals surface area contributed by atoms with E-state index < -0.39 is 20.4 Å². The Hall–Kier alpha value is 0.400. The third-order valence-corrected chi connectivity index (χ3v) is 5.14. The molecule has 1 saturated heterocycles. The minimum absolute atomic E-state index is 0.616. The van der Waals surface area contributed by atoms with Gasteiger partial charge in [-0.25, -0.2) is 4.18 Å². The van der Waals surface area contributed by atoms with Gasteiger partial charge in [-0.3, -0.25) is 0 Å². The van der Waals surface area contributed by atoms with Gasteiger partial charge in [-0.05, 0) is 17.9 Å². The van der Waals surface area contributed by atoms with Crippen LogP contribution in [0.25, 0.3) is 0 Å². The molecule has 1 fully saturated rings. The molecule has 14 heavy (non-hydrogen) atoms. The van der Waals surface area contributed by atoms with Crippen LogP contribution in [0.2, 0.25) is 0 Å².